The molecule has 96 valence electrons. The van der Waals surface area contributed by atoms with Crippen LogP contribution in [-0.4, -0.2) is 10.9 Å². The fourth-order valence-electron chi connectivity index (χ4n) is 0.911. The first-order valence-electron chi connectivity index (χ1n) is 4.82. The number of carbonyl (C=O) groups is 1. The first-order chi connectivity index (χ1) is 8.40. The SMILES string of the molecule is C=C/C(N)=C(\C(=C)F)C(N)=O.Nc1cccnc1. The van der Waals surface area contributed by atoms with Crippen LogP contribution in [0.3, 0.4) is 0 Å². The molecule has 0 saturated heterocycles. The van der Waals surface area contributed by atoms with Crippen LogP contribution in [0.15, 0.2) is 60.9 Å². The summed E-state index contributed by atoms with van der Waals surface area (Å²) in [7, 11) is 0. The molecule has 1 aromatic rings. The molecule has 1 aromatic heterocycles. The average molecular weight is 250 g/mol. The molecule has 0 spiro atoms. The predicted octanol–water partition coefficient (Wildman–Crippen LogP) is 1.02. The summed E-state index contributed by atoms with van der Waals surface area (Å²) < 4.78 is 12.4. The van der Waals surface area contributed by atoms with E-state index in [0.717, 1.165) is 6.08 Å². The third kappa shape index (κ3) is 5.45. The smallest absolute Gasteiger partial charge is 0.253 e. The van der Waals surface area contributed by atoms with E-state index in [4.69, 9.17) is 17.2 Å². The van der Waals surface area contributed by atoms with Crippen molar-refractivity contribution in [2.24, 2.45) is 11.5 Å². The summed E-state index contributed by atoms with van der Waals surface area (Å²) in [5.41, 5.74) is 15.5. The van der Waals surface area contributed by atoms with E-state index in [2.05, 4.69) is 18.1 Å². The van der Waals surface area contributed by atoms with Gasteiger partial charge in [0.2, 0.25) is 0 Å². The minimum Gasteiger partial charge on any atom is -0.398 e. The molecule has 1 amide bonds. The van der Waals surface area contributed by atoms with Crippen molar-refractivity contribution in [3.63, 3.8) is 0 Å². The molecule has 1 rings (SSSR count). The number of allylic oxidation sites excluding steroid dienone is 1. The lowest BCUT2D eigenvalue weighted by Gasteiger charge is -2.00. The Morgan fingerprint density at radius 2 is 2.06 bits per heavy atom. The number of anilines is 1. The van der Waals surface area contributed by atoms with Gasteiger partial charge in [0.15, 0.2) is 0 Å². The number of nitrogen functional groups attached to an aromatic ring is 1. The van der Waals surface area contributed by atoms with Gasteiger partial charge in [-0.2, -0.15) is 0 Å². The molecule has 0 unspecified atom stereocenters. The second kappa shape index (κ2) is 7.61. The maximum Gasteiger partial charge on any atom is 0.253 e. The van der Waals surface area contributed by atoms with Crippen LogP contribution in [0, 0.1) is 0 Å². The summed E-state index contributed by atoms with van der Waals surface area (Å²) >= 11 is 0. The van der Waals surface area contributed by atoms with Gasteiger partial charge in [-0.1, -0.05) is 13.2 Å². The van der Waals surface area contributed by atoms with Crippen molar-refractivity contribution in [2.75, 3.05) is 5.73 Å². The van der Waals surface area contributed by atoms with Crippen LogP contribution in [0.5, 0.6) is 0 Å². The molecule has 0 aromatic carbocycles. The summed E-state index contributed by atoms with van der Waals surface area (Å²) in [4.78, 5) is 14.2. The highest BCUT2D eigenvalue weighted by atomic mass is 19.1. The van der Waals surface area contributed by atoms with Gasteiger partial charge in [-0.15, -0.1) is 0 Å². The summed E-state index contributed by atoms with van der Waals surface area (Å²) in [6, 6.07) is 3.60. The minimum atomic E-state index is -0.949. The molecule has 18 heavy (non-hydrogen) atoms. The summed E-state index contributed by atoms with van der Waals surface area (Å²) in [6.45, 7) is 6.14. The number of hydrogen-bond acceptors (Lipinski definition) is 4. The first-order valence-corrected chi connectivity index (χ1v) is 4.82. The normalized spacial score (nSPS) is 10.5. The Balaban J connectivity index is 0.000000351. The zero-order valence-electron chi connectivity index (χ0n) is 9.77. The topological polar surface area (TPSA) is 108 Å². The number of rotatable bonds is 3. The average Bonchev–Trinajstić information content (AvgIpc) is 2.29. The lowest BCUT2D eigenvalue weighted by molar-refractivity contribution is -0.114. The van der Waals surface area contributed by atoms with Gasteiger partial charge < -0.3 is 17.2 Å². The quantitative estimate of drug-likeness (QED) is 0.549. The van der Waals surface area contributed by atoms with Gasteiger partial charge in [-0.25, -0.2) is 4.39 Å². The predicted molar refractivity (Wildman–Crippen MR) is 69.5 cm³/mol. The van der Waals surface area contributed by atoms with E-state index in [1.807, 2.05) is 0 Å². The van der Waals surface area contributed by atoms with Crippen molar-refractivity contribution < 1.29 is 9.18 Å². The van der Waals surface area contributed by atoms with E-state index in [0.29, 0.717) is 5.69 Å². The van der Waals surface area contributed by atoms with Crippen molar-refractivity contribution in [3.05, 3.63) is 60.9 Å². The van der Waals surface area contributed by atoms with Gasteiger partial charge in [0.05, 0.1) is 11.3 Å². The van der Waals surface area contributed by atoms with Crippen LogP contribution >= 0.6 is 0 Å². The molecule has 0 aliphatic heterocycles. The van der Waals surface area contributed by atoms with Crippen molar-refractivity contribution >= 4 is 11.6 Å². The van der Waals surface area contributed by atoms with Crippen LogP contribution in [0.25, 0.3) is 0 Å². The standard InChI is InChI=1S/C7H9FN2O.C5H6N2/c1-3-5(9)6(4(2)8)7(10)11;6-5-2-1-3-7-4-5/h3H,1-2,9H2,(H2,10,11);1-4H,6H2/b6-5-;. The molecule has 0 saturated carbocycles. The molecule has 6 N–H and O–H groups in total. The molecule has 0 atom stereocenters. The van der Waals surface area contributed by atoms with E-state index in [1.54, 1.807) is 24.5 Å². The molecular weight excluding hydrogens is 235 g/mol. The Hall–Kier alpha value is -2.63. The Bertz CT molecular complexity index is 452. The fourth-order valence-corrected chi connectivity index (χ4v) is 0.911. The van der Waals surface area contributed by atoms with Crippen molar-refractivity contribution in [2.45, 2.75) is 0 Å². The molecule has 0 bridgehead atoms. The number of primary amides is 1. The van der Waals surface area contributed by atoms with E-state index < -0.39 is 17.3 Å². The van der Waals surface area contributed by atoms with Crippen molar-refractivity contribution in [1.29, 1.82) is 0 Å². The maximum absolute atomic E-state index is 12.4. The van der Waals surface area contributed by atoms with Gasteiger partial charge in [0.25, 0.3) is 5.91 Å². The van der Waals surface area contributed by atoms with E-state index in [9.17, 15) is 9.18 Å². The summed E-state index contributed by atoms with van der Waals surface area (Å²) in [6.07, 6.45) is 4.43. The van der Waals surface area contributed by atoms with Gasteiger partial charge in [0.1, 0.15) is 5.83 Å². The third-order valence-corrected chi connectivity index (χ3v) is 1.71. The number of carbonyl (C=O) groups excluding carboxylic acids is 1. The number of amides is 1. The Morgan fingerprint density at radius 1 is 1.44 bits per heavy atom. The highest BCUT2D eigenvalue weighted by molar-refractivity contribution is 5.96. The molecule has 0 fully saturated rings. The minimum absolute atomic E-state index is 0.106. The third-order valence-electron chi connectivity index (χ3n) is 1.71. The van der Waals surface area contributed by atoms with Crippen LogP contribution < -0.4 is 17.2 Å². The Morgan fingerprint density at radius 3 is 2.22 bits per heavy atom. The van der Waals surface area contributed by atoms with Crippen LogP contribution in [-0.2, 0) is 4.79 Å². The highest BCUT2D eigenvalue weighted by Gasteiger charge is 2.11. The van der Waals surface area contributed by atoms with Gasteiger partial charge >= 0.3 is 0 Å². The molecule has 6 heteroatoms. The van der Waals surface area contributed by atoms with E-state index >= 15 is 0 Å². The number of aromatic nitrogens is 1. The molecule has 5 nitrogen and oxygen atoms in total. The number of pyridine rings is 1. The molecule has 0 aliphatic rings. The zero-order valence-corrected chi connectivity index (χ0v) is 9.77. The monoisotopic (exact) mass is 250 g/mol. The molecule has 0 radical (unpaired) electrons. The van der Waals surface area contributed by atoms with Crippen molar-refractivity contribution in [3.8, 4) is 0 Å². The van der Waals surface area contributed by atoms with E-state index in [-0.39, 0.29) is 5.70 Å². The van der Waals surface area contributed by atoms with Gasteiger partial charge in [-0.3, -0.25) is 9.78 Å². The highest BCUT2D eigenvalue weighted by Crippen LogP contribution is 2.11. The Kier molecular flexibility index (Phi) is 6.50. The van der Waals surface area contributed by atoms with E-state index in [1.165, 1.54) is 0 Å². The van der Waals surface area contributed by atoms with Gasteiger partial charge in [-0.05, 0) is 18.2 Å². The Labute approximate surface area is 104 Å². The lowest BCUT2D eigenvalue weighted by atomic mass is 10.2. The van der Waals surface area contributed by atoms with Crippen LogP contribution in [0.1, 0.15) is 0 Å². The number of nitrogens with zero attached hydrogens (tertiary/aromatic N) is 1. The van der Waals surface area contributed by atoms with Crippen molar-refractivity contribution in [1.82, 2.24) is 4.98 Å². The zero-order chi connectivity index (χ0) is 14.1. The first kappa shape index (κ1) is 15.4. The fraction of sp³-hybridized carbons (Fsp3) is 0. The number of halogens is 1. The summed E-state index contributed by atoms with van der Waals surface area (Å²) in [5.74, 6) is -1.90. The largest absolute Gasteiger partial charge is 0.398 e. The van der Waals surface area contributed by atoms with Crippen LogP contribution in [0.4, 0.5) is 10.1 Å². The number of nitrogens with two attached hydrogens (primary N) is 3. The maximum atomic E-state index is 12.4. The number of hydrogen-bond donors (Lipinski definition) is 3. The summed E-state index contributed by atoms with van der Waals surface area (Å²) in [5, 5.41) is 0. The van der Waals surface area contributed by atoms with Gasteiger partial charge in [0, 0.05) is 18.1 Å². The molecule has 0 aliphatic carbocycles. The second-order valence-electron chi connectivity index (χ2n) is 3.09. The lowest BCUT2D eigenvalue weighted by Crippen LogP contribution is -2.18. The molecular formula is C12H15FN4O. The molecule has 1 heterocycles. The van der Waals surface area contributed by atoms with Crippen LogP contribution in [0.2, 0.25) is 0 Å². The second-order valence-corrected chi connectivity index (χ2v) is 3.09.